The Balaban J connectivity index is 1.78. The van der Waals surface area contributed by atoms with E-state index in [4.69, 9.17) is 5.73 Å². The van der Waals surface area contributed by atoms with Crippen molar-refractivity contribution in [3.63, 3.8) is 0 Å². The second-order valence-electron chi connectivity index (χ2n) is 5.85. The summed E-state index contributed by atoms with van der Waals surface area (Å²) in [5, 5.41) is 2.05. The Morgan fingerprint density at radius 1 is 1.08 bits per heavy atom. The molecule has 1 aromatic rings. The molecule has 0 aromatic heterocycles. The first-order chi connectivity index (χ1) is 11.5. The molecule has 0 atom stereocenters. The van der Waals surface area contributed by atoms with Crippen LogP contribution in [0.5, 0.6) is 0 Å². The highest BCUT2D eigenvalue weighted by molar-refractivity contribution is 5.94. The molecule has 24 heavy (non-hydrogen) atoms. The normalized spacial score (nSPS) is 15.1. The molecule has 0 unspecified atom stereocenters. The van der Waals surface area contributed by atoms with Gasteiger partial charge < -0.3 is 10.6 Å². The molecule has 7 nitrogen and oxygen atoms in total. The lowest BCUT2D eigenvalue weighted by Gasteiger charge is -2.34. The van der Waals surface area contributed by atoms with Crippen molar-refractivity contribution >= 4 is 17.8 Å². The van der Waals surface area contributed by atoms with Crippen LogP contribution < -0.4 is 11.1 Å². The first kappa shape index (κ1) is 17.9. The molecule has 0 radical (unpaired) electrons. The van der Waals surface area contributed by atoms with Crippen molar-refractivity contribution in [3.05, 3.63) is 35.4 Å². The van der Waals surface area contributed by atoms with E-state index in [1.54, 1.807) is 0 Å². The van der Waals surface area contributed by atoms with Crippen molar-refractivity contribution in [2.45, 2.75) is 19.8 Å². The van der Waals surface area contributed by atoms with Crippen molar-refractivity contribution in [1.29, 1.82) is 0 Å². The van der Waals surface area contributed by atoms with Gasteiger partial charge in [-0.15, -0.1) is 0 Å². The largest absolute Gasteiger partial charge is 0.351 e. The van der Waals surface area contributed by atoms with Crippen LogP contribution in [0.3, 0.4) is 0 Å². The van der Waals surface area contributed by atoms with Crippen molar-refractivity contribution in [3.8, 4) is 0 Å². The summed E-state index contributed by atoms with van der Waals surface area (Å²) in [5.41, 5.74) is 6.82. The maximum Gasteiger partial charge on any atom is 0.318 e. The van der Waals surface area contributed by atoms with Crippen LogP contribution in [0.1, 0.15) is 29.3 Å². The summed E-state index contributed by atoms with van der Waals surface area (Å²) >= 11 is 0. The summed E-state index contributed by atoms with van der Waals surface area (Å²) in [5.74, 6) is -0.333. The van der Waals surface area contributed by atoms with Crippen LogP contribution in [0.25, 0.3) is 0 Å². The number of piperazine rings is 1. The zero-order valence-corrected chi connectivity index (χ0v) is 14.0. The third-order valence-electron chi connectivity index (χ3n) is 4.19. The Kier molecular flexibility index (Phi) is 6.31. The highest BCUT2D eigenvalue weighted by Crippen LogP contribution is 2.11. The van der Waals surface area contributed by atoms with E-state index in [9.17, 15) is 14.4 Å². The fourth-order valence-electron chi connectivity index (χ4n) is 2.70. The van der Waals surface area contributed by atoms with Gasteiger partial charge in [-0.2, -0.15) is 0 Å². The van der Waals surface area contributed by atoms with Gasteiger partial charge in [0.15, 0.2) is 0 Å². The predicted octanol–water partition coefficient (Wildman–Crippen LogP) is 0.592. The lowest BCUT2D eigenvalue weighted by molar-refractivity contribution is -0.120. The number of hydrogen-bond acceptors (Lipinski definition) is 4. The minimum absolute atomic E-state index is 0.0452. The first-order valence-corrected chi connectivity index (χ1v) is 8.19. The predicted molar refractivity (Wildman–Crippen MR) is 90.5 cm³/mol. The van der Waals surface area contributed by atoms with E-state index in [1.807, 2.05) is 34.5 Å². The van der Waals surface area contributed by atoms with E-state index < -0.39 is 6.03 Å². The van der Waals surface area contributed by atoms with E-state index in [0.29, 0.717) is 38.3 Å². The van der Waals surface area contributed by atoms with Crippen LogP contribution in [-0.4, -0.2) is 60.4 Å². The van der Waals surface area contributed by atoms with Gasteiger partial charge in [-0.25, -0.2) is 4.79 Å². The molecular weight excluding hydrogens is 308 g/mol. The average Bonchev–Trinajstić information content (AvgIpc) is 2.59. The second-order valence-corrected chi connectivity index (χ2v) is 5.85. The molecule has 7 heteroatoms. The molecule has 2 rings (SSSR count). The molecule has 1 aromatic carbocycles. The standard InChI is InChI=1S/C17H24N4O3/c1-2-13-3-5-14(6-4-13)16(23)21-11-9-20(10-12-21)8-7-15(22)19-17(18)24/h3-6H,2,7-12H2,1H3,(H3,18,19,22,24). The van der Waals surface area contributed by atoms with Gasteiger partial charge in [0.1, 0.15) is 0 Å². The van der Waals surface area contributed by atoms with Gasteiger partial charge in [-0.1, -0.05) is 19.1 Å². The fraction of sp³-hybridized carbons (Fsp3) is 0.471. The number of urea groups is 1. The Morgan fingerprint density at radius 2 is 1.71 bits per heavy atom. The molecule has 0 spiro atoms. The van der Waals surface area contributed by atoms with Gasteiger partial charge in [-0.05, 0) is 24.1 Å². The van der Waals surface area contributed by atoms with E-state index in [2.05, 4.69) is 11.8 Å². The van der Waals surface area contributed by atoms with Gasteiger partial charge in [-0.3, -0.25) is 19.8 Å². The van der Waals surface area contributed by atoms with Crippen molar-refractivity contribution < 1.29 is 14.4 Å². The molecular formula is C17H24N4O3. The Bertz CT molecular complexity index is 592. The number of carbonyl (C=O) groups is 3. The summed E-state index contributed by atoms with van der Waals surface area (Å²) in [4.78, 5) is 38.4. The molecule has 130 valence electrons. The number of amides is 4. The van der Waals surface area contributed by atoms with Crippen LogP contribution in [0.2, 0.25) is 0 Å². The maximum absolute atomic E-state index is 12.5. The summed E-state index contributed by atoms with van der Waals surface area (Å²) in [7, 11) is 0. The molecule has 0 saturated carbocycles. The molecule has 1 heterocycles. The molecule has 1 fully saturated rings. The smallest absolute Gasteiger partial charge is 0.318 e. The number of rotatable bonds is 5. The van der Waals surface area contributed by atoms with Gasteiger partial charge in [0.05, 0.1) is 0 Å². The number of nitrogens with two attached hydrogens (primary N) is 1. The molecule has 3 N–H and O–H groups in total. The van der Waals surface area contributed by atoms with Gasteiger partial charge in [0.25, 0.3) is 5.91 Å². The quantitative estimate of drug-likeness (QED) is 0.825. The number of nitrogens with one attached hydrogen (secondary N) is 1. The summed E-state index contributed by atoms with van der Waals surface area (Å²) in [6.45, 7) is 5.31. The number of benzene rings is 1. The number of hydrogen-bond donors (Lipinski definition) is 2. The van der Waals surface area contributed by atoms with Crippen LogP contribution in [0.15, 0.2) is 24.3 Å². The molecule has 4 amide bonds. The third kappa shape index (κ3) is 5.06. The second kappa shape index (κ2) is 8.44. The van der Waals surface area contributed by atoms with Crippen LogP contribution in [-0.2, 0) is 11.2 Å². The topological polar surface area (TPSA) is 95.7 Å². The van der Waals surface area contributed by atoms with Crippen LogP contribution in [0.4, 0.5) is 4.79 Å². The number of aryl methyl sites for hydroxylation is 1. The van der Waals surface area contributed by atoms with Gasteiger partial charge in [0.2, 0.25) is 5.91 Å². The molecule has 0 aliphatic carbocycles. The minimum Gasteiger partial charge on any atom is -0.351 e. The van der Waals surface area contributed by atoms with Gasteiger partial charge in [0, 0.05) is 44.7 Å². The van der Waals surface area contributed by atoms with Crippen LogP contribution >= 0.6 is 0 Å². The summed E-state index contributed by atoms with van der Waals surface area (Å²) in [6, 6.07) is 6.90. The van der Waals surface area contributed by atoms with Crippen molar-refractivity contribution in [2.75, 3.05) is 32.7 Å². The van der Waals surface area contributed by atoms with Crippen molar-refractivity contribution in [2.24, 2.45) is 5.73 Å². The molecule has 1 aliphatic rings. The monoisotopic (exact) mass is 332 g/mol. The Hall–Kier alpha value is -2.41. The Morgan fingerprint density at radius 3 is 2.25 bits per heavy atom. The lowest BCUT2D eigenvalue weighted by Crippen LogP contribution is -2.49. The lowest BCUT2D eigenvalue weighted by atomic mass is 10.1. The number of nitrogens with zero attached hydrogens (tertiary/aromatic N) is 2. The summed E-state index contributed by atoms with van der Waals surface area (Å²) < 4.78 is 0. The Labute approximate surface area is 141 Å². The van der Waals surface area contributed by atoms with E-state index >= 15 is 0 Å². The first-order valence-electron chi connectivity index (χ1n) is 8.19. The third-order valence-corrected chi connectivity index (χ3v) is 4.19. The van der Waals surface area contributed by atoms with Crippen molar-refractivity contribution in [1.82, 2.24) is 15.1 Å². The maximum atomic E-state index is 12.5. The zero-order chi connectivity index (χ0) is 17.5. The molecule has 1 saturated heterocycles. The van der Waals surface area contributed by atoms with E-state index in [-0.39, 0.29) is 18.2 Å². The number of carbonyl (C=O) groups excluding carboxylic acids is 3. The van der Waals surface area contributed by atoms with Gasteiger partial charge >= 0.3 is 6.03 Å². The number of imide groups is 1. The SMILES string of the molecule is CCc1ccc(C(=O)N2CCN(CCC(=O)NC(N)=O)CC2)cc1. The molecule has 0 bridgehead atoms. The highest BCUT2D eigenvalue weighted by atomic mass is 16.2. The number of primary amides is 1. The summed E-state index contributed by atoms with van der Waals surface area (Å²) in [6.07, 6.45) is 1.17. The van der Waals surface area contributed by atoms with E-state index in [1.165, 1.54) is 5.56 Å². The van der Waals surface area contributed by atoms with E-state index in [0.717, 1.165) is 6.42 Å². The van der Waals surface area contributed by atoms with Crippen LogP contribution in [0, 0.1) is 0 Å². The minimum atomic E-state index is -0.829. The fourth-order valence-corrected chi connectivity index (χ4v) is 2.70. The average molecular weight is 332 g/mol. The highest BCUT2D eigenvalue weighted by Gasteiger charge is 2.22. The zero-order valence-electron chi connectivity index (χ0n) is 14.0. The molecule has 1 aliphatic heterocycles.